The van der Waals surface area contributed by atoms with Gasteiger partial charge in [0.05, 0.1) is 13.2 Å². The van der Waals surface area contributed by atoms with Crippen molar-refractivity contribution >= 4 is 29.1 Å². The van der Waals surface area contributed by atoms with E-state index in [1.54, 1.807) is 48.5 Å². The third kappa shape index (κ3) is 8.93. The van der Waals surface area contributed by atoms with Crippen LogP contribution in [-0.2, 0) is 0 Å². The molecule has 2 aromatic rings. The number of thiocarbonyl (C=S) groups is 1. The van der Waals surface area contributed by atoms with Gasteiger partial charge >= 0.3 is 0 Å². The Hall–Kier alpha value is -3.13. The van der Waals surface area contributed by atoms with Crippen LogP contribution in [0.2, 0.25) is 0 Å². The number of hydrogen-bond donors (Lipinski definition) is 3. The van der Waals surface area contributed by atoms with Gasteiger partial charge in [0, 0.05) is 11.1 Å². The molecule has 32 heavy (non-hydrogen) atoms. The highest BCUT2D eigenvalue weighted by atomic mass is 32.1. The number of ether oxygens (including phenoxy) is 2. The van der Waals surface area contributed by atoms with Gasteiger partial charge in [-0.2, -0.15) is 0 Å². The molecule has 0 spiro atoms. The maximum absolute atomic E-state index is 12.4. The highest BCUT2D eigenvalue weighted by Crippen LogP contribution is 2.15. The van der Waals surface area contributed by atoms with Gasteiger partial charge in [0.25, 0.3) is 11.8 Å². The molecule has 2 aromatic carbocycles. The van der Waals surface area contributed by atoms with Crippen LogP contribution in [0.5, 0.6) is 11.5 Å². The van der Waals surface area contributed by atoms with E-state index in [4.69, 9.17) is 21.7 Å². The Morgan fingerprint density at radius 3 is 2.22 bits per heavy atom. The monoisotopic (exact) mass is 457 g/mol. The lowest BCUT2D eigenvalue weighted by atomic mass is 10.1. The number of hydrazine groups is 1. The second kappa shape index (κ2) is 12.7. The normalized spacial score (nSPS) is 10.6. The molecule has 0 heterocycles. The molecular weight excluding hydrogens is 426 g/mol. The van der Waals surface area contributed by atoms with Crippen LogP contribution in [0.15, 0.2) is 48.5 Å². The zero-order valence-corrected chi connectivity index (χ0v) is 19.8. The van der Waals surface area contributed by atoms with E-state index in [2.05, 4.69) is 43.9 Å². The van der Waals surface area contributed by atoms with E-state index in [0.717, 1.165) is 6.42 Å². The molecule has 0 bridgehead atoms. The van der Waals surface area contributed by atoms with Crippen molar-refractivity contribution in [3.63, 3.8) is 0 Å². The first kappa shape index (κ1) is 25.1. The molecule has 0 aliphatic rings. The van der Waals surface area contributed by atoms with E-state index in [-0.39, 0.29) is 5.11 Å². The van der Waals surface area contributed by atoms with Crippen molar-refractivity contribution in [2.75, 3.05) is 13.2 Å². The molecule has 0 saturated heterocycles. The van der Waals surface area contributed by atoms with Crippen molar-refractivity contribution in [3.8, 4) is 11.5 Å². The first-order chi connectivity index (χ1) is 15.2. The van der Waals surface area contributed by atoms with Gasteiger partial charge in [-0.15, -0.1) is 0 Å². The SMILES string of the molecule is CC(C)CCOc1cccc(C(=O)NC(=S)NNC(=O)c2ccc(OCC(C)C)cc2)c1. The Balaban J connectivity index is 1.81. The summed E-state index contributed by atoms with van der Waals surface area (Å²) < 4.78 is 11.3. The Bertz CT molecular complexity index is 914. The van der Waals surface area contributed by atoms with Crippen molar-refractivity contribution in [2.24, 2.45) is 11.8 Å². The minimum atomic E-state index is -0.405. The molecule has 7 nitrogen and oxygen atoms in total. The van der Waals surface area contributed by atoms with Crippen molar-refractivity contribution in [3.05, 3.63) is 59.7 Å². The van der Waals surface area contributed by atoms with Crippen molar-refractivity contribution in [2.45, 2.75) is 34.1 Å². The minimum absolute atomic E-state index is 0.0219. The molecule has 0 aromatic heterocycles. The topological polar surface area (TPSA) is 88.7 Å². The molecule has 3 N–H and O–H groups in total. The standard InChI is InChI=1S/C24H31N3O4S/c1-16(2)12-13-30-21-7-5-6-19(14-21)22(28)25-24(32)27-26-23(29)18-8-10-20(11-9-18)31-15-17(3)4/h5-11,14,16-17H,12-13,15H2,1-4H3,(H,26,29)(H2,25,27,28,32). The van der Waals surface area contributed by atoms with Crippen molar-refractivity contribution < 1.29 is 19.1 Å². The van der Waals surface area contributed by atoms with Crippen LogP contribution in [-0.4, -0.2) is 30.1 Å². The molecule has 0 radical (unpaired) electrons. The largest absolute Gasteiger partial charge is 0.494 e. The fraction of sp³-hybridized carbons (Fsp3) is 0.375. The molecule has 2 amide bonds. The minimum Gasteiger partial charge on any atom is -0.494 e. The van der Waals surface area contributed by atoms with Gasteiger partial charge < -0.3 is 9.47 Å². The lowest BCUT2D eigenvalue weighted by Crippen LogP contribution is -2.48. The maximum Gasteiger partial charge on any atom is 0.269 e. The third-order valence-corrected chi connectivity index (χ3v) is 4.48. The molecule has 0 aliphatic heterocycles. The van der Waals surface area contributed by atoms with Gasteiger partial charge in [-0.25, -0.2) is 0 Å². The molecule has 0 unspecified atom stereocenters. The van der Waals surface area contributed by atoms with E-state index < -0.39 is 11.8 Å². The molecule has 172 valence electrons. The van der Waals surface area contributed by atoms with Crippen LogP contribution in [0.4, 0.5) is 0 Å². The summed E-state index contributed by atoms with van der Waals surface area (Å²) in [6, 6.07) is 13.6. The molecule has 0 atom stereocenters. The van der Waals surface area contributed by atoms with E-state index in [1.807, 2.05) is 0 Å². The average molecular weight is 458 g/mol. The summed E-state index contributed by atoms with van der Waals surface area (Å²) in [7, 11) is 0. The quantitative estimate of drug-likeness (QED) is 0.388. The van der Waals surface area contributed by atoms with Crippen LogP contribution in [0.1, 0.15) is 54.8 Å². The molecule has 0 fully saturated rings. The lowest BCUT2D eigenvalue weighted by molar-refractivity contribution is 0.0934. The Labute approximate surface area is 194 Å². The highest BCUT2D eigenvalue weighted by molar-refractivity contribution is 7.80. The lowest BCUT2D eigenvalue weighted by Gasteiger charge is -2.12. The van der Waals surface area contributed by atoms with Crippen molar-refractivity contribution in [1.82, 2.24) is 16.2 Å². The number of nitrogens with one attached hydrogen (secondary N) is 3. The molecule has 8 heteroatoms. The summed E-state index contributed by atoms with van der Waals surface area (Å²) in [5, 5.41) is 2.51. The fourth-order valence-electron chi connectivity index (χ4n) is 2.50. The Kier molecular flexibility index (Phi) is 9.94. The van der Waals surface area contributed by atoms with Crippen LogP contribution in [0.3, 0.4) is 0 Å². The molecule has 0 saturated carbocycles. The summed E-state index contributed by atoms with van der Waals surface area (Å²) in [6.07, 6.45) is 0.928. The maximum atomic E-state index is 12.4. The predicted molar refractivity (Wildman–Crippen MR) is 129 cm³/mol. The zero-order chi connectivity index (χ0) is 23.5. The first-order valence-corrected chi connectivity index (χ1v) is 11.0. The van der Waals surface area contributed by atoms with Gasteiger partial charge in [0.15, 0.2) is 5.11 Å². The number of benzene rings is 2. The highest BCUT2D eigenvalue weighted by Gasteiger charge is 2.11. The van der Waals surface area contributed by atoms with Crippen LogP contribution < -0.4 is 25.6 Å². The predicted octanol–water partition coefficient (Wildman–Crippen LogP) is 4.10. The second-order valence-electron chi connectivity index (χ2n) is 8.15. The van der Waals surface area contributed by atoms with Gasteiger partial charge in [-0.3, -0.25) is 25.8 Å². The van der Waals surface area contributed by atoms with Gasteiger partial charge in [0.1, 0.15) is 11.5 Å². The number of carbonyl (C=O) groups excluding carboxylic acids is 2. The smallest absolute Gasteiger partial charge is 0.269 e. The fourth-order valence-corrected chi connectivity index (χ4v) is 2.64. The number of carbonyl (C=O) groups is 2. The number of amides is 2. The van der Waals surface area contributed by atoms with E-state index >= 15 is 0 Å². The van der Waals surface area contributed by atoms with Crippen LogP contribution >= 0.6 is 12.2 Å². The molecule has 2 rings (SSSR count). The summed E-state index contributed by atoms with van der Waals surface area (Å²) in [4.78, 5) is 24.7. The first-order valence-electron chi connectivity index (χ1n) is 10.6. The van der Waals surface area contributed by atoms with E-state index in [9.17, 15) is 9.59 Å². The Morgan fingerprint density at radius 2 is 1.56 bits per heavy atom. The number of hydrogen-bond acceptors (Lipinski definition) is 5. The summed E-state index contributed by atoms with van der Waals surface area (Å²) in [5.41, 5.74) is 5.83. The van der Waals surface area contributed by atoms with Crippen molar-refractivity contribution in [1.29, 1.82) is 0 Å². The summed E-state index contributed by atoms with van der Waals surface area (Å²) in [5.74, 6) is 1.47. The third-order valence-electron chi connectivity index (χ3n) is 4.28. The van der Waals surface area contributed by atoms with Gasteiger partial charge in [-0.1, -0.05) is 33.8 Å². The molecule has 0 aliphatic carbocycles. The second-order valence-corrected chi connectivity index (χ2v) is 8.56. The number of rotatable bonds is 9. The average Bonchev–Trinajstić information content (AvgIpc) is 2.76. The van der Waals surface area contributed by atoms with E-state index in [1.165, 1.54) is 0 Å². The van der Waals surface area contributed by atoms with E-state index in [0.29, 0.717) is 47.7 Å². The van der Waals surface area contributed by atoms with Gasteiger partial charge in [-0.05, 0) is 72.9 Å². The van der Waals surface area contributed by atoms with Crippen LogP contribution in [0, 0.1) is 11.8 Å². The summed E-state index contributed by atoms with van der Waals surface area (Å²) >= 11 is 5.10. The zero-order valence-electron chi connectivity index (χ0n) is 18.9. The molecular formula is C24H31N3O4S. The summed E-state index contributed by atoms with van der Waals surface area (Å²) in [6.45, 7) is 9.56. The van der Waals surface area contributed by atoms with Gasteiger partial charge in [0.2, 0.25) is 0 Å². The van der Waals surface area contributed by atoms with Crippen LogP contribution in [0.25, 0.3) is 0 Å². The Morgan fingerprint density at radius 1 is 0.844 bits per heavy atom.